The number of ether oxygens (including phenoxy) is 1. The normalized spacial score (nSPS) is 14.6. The highest BCUT2D eigenvalue weighted by Gasteiger charge is 2.28. The Hall–Kier alpha value is -3.07. The number of nitrogens with one attached hydrogen (secondary N) is 1. The molecule has 1 atom stereocenters. The molecular weight excluding hydrogens is 502 g/mol. The van der Waals surface area contributed by atoms with Crippen LogP contribution in [0.2, 0.25) is 0 Å². The van der Waals surface area contributed by atoms with Crippen molar-refractivity contribution in [2.75, 3.05) is 23.7 Å². The molecule has 3 rings (SSSR count). The average molecular weight is 544 g/mol. The van der Waals surface area contributed by atoms with Crippen LogP contribution in [-0.4, -0.2) is 56.6 Å². The van der Waals surface area contributed by atoms with Gasteiger partial charge in [-0.2, -0.15) is 0 Å². The van der Waals surface area contributed by atoms with Crippen LogP contribution in [0.1, 0.15) is 63.5 Å². The molecule has 1 aliphatic carbocycles. The van der Waals surface area contributed by atoms with Crippen molar-refractivity contribution in [1.82, 2.24) is 10.2 Å². The summed E-state index contributed by atoms with van der Waals surface area (Å²) in [5.74, 6) is 0.334. The fraction of sp³-hybridized carbons (Fsp3) is 0.517. The highest BCUT2D eigenvalue weighted by Crippen LogP contribution is 2.23. The Labute approximate surface area is 227 Å². The zero-order valence-electron chi connectivity index (χ0n) is 23.0. The maximum atomic E-state index is 13.4. The number of nitrogens with zero attached hydrogens (tertiary/aromatic N) is 2. The SMILES string of the molecule is CCOc1ccc(N(CCCC(=O)N(Cc2ccc(C)cc2)[C@@H](C)C(=O)NC2CCCC2)S(C)(=O)=O)cc1. The van der Waals surface area contributed by atoms with E-state index in [1.807, 2.05) is 38.1 Å². The maximum absolute atomic E-state index is 13.4. The van der Waals surface area contributed by atoms with E-state index >= 15 is 0 Å². The van der Waals surface area contributed by atoms with E-state index in [0.29, 0.717) is 31.0 Å². The van der Waals surface area contributed by atoms with Crippen LogP contribution < -0.4 is 14.4 Å². The molecule has 0 saturated heterocycles. The van der Waals surface area contributed by atoms with Gasteiger partial charge in [-0.25, -0.2) is 8.42 Å². The smallest absolute Gasteiger partial charge is 0.242 e. The van der Waals surface area contributed by atoms with Crippen molar-refractivity contribution in [1.29, 1.82) is 0 Å². The standard InChI is InChI=1S/C29H41N3O5S/c1-5-37-27-18-16-26(17-19-27)32(38(4,35)36)20-8-11-28(33)31(21-24-14-12-22(2)13-15-24)23(3)29(34)30-25-9-6-7-10-25/h12-19,23,25H,5-11,20-21H2,1-4H3,(H,30,34)/t23-/m0/s1. The molecule has 0 radical (unpaired) electrons. The van der Waals surface area contributed by atoms with E-state index < -0.39 is 16.1 Å². The van der Waals surface area contributed by atoms with Crippen LogP contribution in [0.15, 0.2) is 48.5 Å². The Morgan fingerprint density at radius 1 is 1.05 bits per heavy atom. The van der Waals surface area contributed by atoms with Crippen molar-refractivity contribution in [3.63, 3.8) is 0 Å². The number of aryl methyl sites for hydroxylation is 1. The van der Waals surface area contributed by atoms with Crippen LogP contribution in [0.3, 0.4) is 0 Å². The van der Waals surface area contributed by atoms with Crippen molar-refractivity contribution in [2.24, 2.45) is 0 Å². The van der Waals surface area contributed by atoms with E-state index in [2.05, 4.69) is 5.32 Å². The number of rotatable bonds is 13. The number of sulfonamides is 1. The lowest BCUT2D eigenvalue weighted by Crippen LogP contribution is -2.49. The van der Waals surface area contributed by atoms with Gasteiger partial charge in [-0.05, 0) is 69.9 Å². The van der Waals surface area contributed by atoms with Crippen LogP contribution in [0.5, 0.6) is 5.75 Å². The van der Waals surface area contributed by atoms with Gasteiger partial charge in [0.15, 0.2) is 0 Å². The summed E-state index contributed by atoms with van der Waals surface area (Å²) in [4.78, 5) is 28.1. The minimum absolute atomic E-state index is 0.121. The minimum atomic E-state index is -3.55. The van der Waals surface area contributed by atoms with E-state index in [4.69, 9.17) is 4.74 Å². The summed E-state index contributed by atoms with van der Waals surface area (Å²) < 4.78 is 31.8. The molecule has 0 unspecified atom stereocenters. The lowest BCUT2D eigenvalue weighted by molar-refractivity contribution is -0.141. The predicted octanol–water partition coefficient (Wildman–Crippen LogP) is 4.42. The first kappa shape index (κ1) is 29.5. The summed E-state index contributed by atoms with van der Waals surface area (Å²) in [6, 6.07) is 14.3. The molecule has 0 spiro atoms. The fourth-order valence-corrected chi connectivity index (χ4v) is 5.71. The van der Waals surface area contributed by atoms with Crippen molar-refractivity contribution in [3.8, 4) is 5.75 Å². The Morgan fingerprint density at radius 2 is 1.68 bits per heavy atom. The number of hydrogen-bond donors (Lipinski definition) is 1. The second-order valence-corrected chi connectivity index (χ2v) is 11.9. The summed E-state index contributed by atoms with van der Waals surface area (Å²) >= 11 is 0. The molecule has 1 fully saturated rings. The quantitative estimate of drug-likeness (QED) is 0.404. The highest BCUT2D eigenvalue weighted by atomic mass is 32.2. The van der Waals surface area contributed by atoms with E-state index in [1.165, 1.54) is 4.31 Å². The molecule has 1 N–H and O–H groups in total. The van der Waals surface area contributed by atoms with Crippen molar-refractivity contribution in [2.45, 2.75) is 77.9 Å². The molecule has 0 heterocycles. The van der Waals surface area contributed by atoms with E-state index in [0.717, 1.165) is 43.1 Å². The Balaban J connectivity index is 1.69. The van der Waals surface area contributed by atoms with E-state index in [9.17, 15) is 18.0 Å². The van der Waals surface area contributed by atoms with Crippen LogP contribution >= 0.6 is 0 Å². The van der Waals surface area contributed by atoms with Gasteiger partial charge in [0.05, 0.1) is 18.6 Å². The first-order chi connectivity index (χ1) is 18.1. The first-order valence-corrected chi connectivity index (χ1v) is 15.3. The fourth-order valence-electron chi connectivity index (χ4n) is 4.74. The Bertz CT molecular complexity index is 1160. The Kier molecular flexibility index (Phi) is 10.6. The van der Waals surface area contributed by atoms with Gasteiger partial charge < -0.3 is 15.0 Å². The summed E-state index contributed by atoms with van der Waals surface area (Å²) in [6.45, 7) is 6.64. The molecular formula is C29H41N3O5S. The lowest BCUT2D eigenvalue weighted by Gasteiger charge is -2.30. The molecule has 1 aliphatic rings. The molecule has 8 nitrogen and oxygen atoms in total. The van der Waals surface area contributed by atoms with Gasteiger partial charge in [0, 0.05) is 25.6 Å². The molecule has 0 aromatic heterocycles. The number of carbonyl (C=O) groups is 2. The second kappa shape index (κ2) is 13.6. The molecule has 38 heavy (non-hydrogen) atoms. The lowest BCUT2D eigenvalue weighted by atomic mass is 10.1. The molecule has 2 aromatic carbocycles. The predicted molar refractivity (Wildman–Crippen MR) is 151 cm³/mol. The van der Waals surface area contributed by atoms with Crippen LogP contribution in [-0.2, 0) is 26.2 Å². The minimum Gasteiger partial charge on any atom is -0.494 e. The molecule has 2 aromatic rings. The van der Waals surface area contributed by atoms with Crippen molar-refractivity contribution >= 4 is 27.5 Å². The molecule has 0 aliphatic heterocycles. The third kappa shape index (κ3) is 8.48. The molecule has 9 heteroatoms. The van der Waals surface area contributed by atoms with Gasteiger partial charge in [-0.1, -0.05) is 42.7 Å². The molecule has 0 bridgehead atoms. The van der Waals surface area contributed by atoms with E-state index in [1.54, 1.807) is 36.1 Å². The second-order valence-electron chi connectivity index (χ2n) is 10.0. The topological polar surface area (TPSA) is 96.0 Å². The zero-order valence-corrected chi connectivity index (χ0v) is 23.8. The van der Waals surface area contributed by atoms with Crippen molar-refractivity contribution in [3.05, 3.63) is 59.7 Å². The molecule has 2 amide bonds. The molecule has 1 saturated carbocycles. The number of anilines is 1. The van der Waals surface area contributed by atoms with E-state index in [-0.39, 0.29) is 30.8 Å². The van der Waals surface area contributed by atoms with Crippen LogP contribution in [0.4, 0.5) is 5.69 Å². The third-order valence-corrected chi connectivity index (χ3v) is 8.12. The number of carbonyl (C=O) groups excluding carboxylic acids is 2. The molecule has 208 valence electrons. The Morgan fingerprint density at radius 3 is 2.26 bits per heavy atom. The van der Waals surface area contributed by atoms with Gasteiger partial charge in [0.2, 0.25) is 21.8 Å². The van der Waals surface area contributed by atoms with Crippen LogP contribution in [0.25, 0.3) is 0 Å². The van der Waals surface area contributed by atoms with Gasteiger partial charge in [-0.15, -0.1) is 0 Å². The number of hydrogen-bond acceptors (Lipinski definition) is 5. The number of benzene rings is 2. The highest BCUT2D eigenvalue weighted by molar-refractivity contribution is 7.92. The average Bonchev–Trinajstić information content (AvgIpc) is 3.39. The van der Waals surface area contributed by atoms with Gasteiger partial charge >= 0.3 is 0 Å². The summed E-state index contributed by atoms with van der Waals surface area (Å²) in [6.07, 6.45) is 5.75. The van der Waals surface area contributed by atoms with Gasteiger partial charge in [0.25, 0.3) is 0 Å². The summed E-state index contributed by atoms with van der Waals surface area (Å²) in [5, 5.41) is 3.11. The monoisotopic (exact) mass is 543 g/mol. The first-order valence-electron chi connectivity index (χ1n) is 13.4. The number of amides is 2. The van der Waals surface area contributed by atoms with Gasteiger partial charge in [0.1, 0.15) is 11.8 Å². The summed E-state index contributed by atoms with van der Waals surface area (Å²) in [7, 11) is -3.55. The zero-order chi connectivity index (χ0) is 27.7. The summed E-state index contributed by atoms with van der Waals surface area (Å²) in [5.41, 5.74) is 2.58. The third-order valence-electron chi connectivity index (χ3n) is 6.93. The largest absolute Gasteiger partial charge is 0.494 e. The van der Waals surface area contributed by atoms with Crippen molar-refractivity contribution < 1.29 is 22.7 Å². The van der Waals surface area contributed by atoms with Crippen LogP contribution in [0, 0.1) is 6.92 Å². The van der Waals surface area contributed by atoms with Gasteiger partial charge in [-0.3, -0.25) is 13.9 Å². The maximum Gasteiger partial charge on any atom is 0.242 e.